The normalized spacial score (nSPS) is 22.6. The summed E-state index contributed by atoms with van der Waals surface area (Å²) in [6.45, 7) is 2.26. The Morgan fingerprint density at radius 3 is 2.85 bits per heavy atom. The summed E-state index contributed by atoms with van der Waals surface area (Å²) in [5.74, 6) is 1.87. The van der Waals surface area contributed by atoms with Crippen molar-refractivity contribution in [3.63, 3.8) is 0 Å². The average Bonchev–Trinajstić information content (AvgIpc) is 2.95. The fraction of sp³-hybridized carbons (Fsp3) is 0.538. The Labute approximate surface area is 117 Å². The number of anilines is 2. The van der Waals surface area contributed by atoms with Crippen LogP contribution in [-0.2, 0) is 0 Å². The van der Waals surface area contributed by atoms with Crippen LogP contribution in [-0.4, -0.2) is 30.5 Å². The molecule has 1 aliphatic rings. The third kappa shape index (κ3) is 2.71. The summed E-state index contributed by atoms with van der Waals surface area (Å²) < 4.78 is 1.72. The molecule has 0 spiro atoms. The lowest BCUT2D eigenvalue weighted by atomic mass is 9.86. The minimum absolute atomic E-state index is 0.217. The van der Waals surface area contributed by atoms with E-state index in [1.807, 2.05) is 0 Å². The molecule has 0 radical (unpaired) electrons. The van der Waals surface area contributed by atoms with E-state index in [0.29, 0.717) is 23.9 Å². The second-order valence-electron chi connectivity index (χ2n) is 5.30. The lowest BCUT2D eigenvalue weighted by Gasteiger charge is -2.29. The second kappa shape index (κ2) is 5.44. The summed E-state index contributed by atoms with van der Waals surface area (Å²) in [5, 5.41) is 3.40. The van der Waals surface area contributed by atoms with Crippen molar-refractivity contribution in [1.82, 2.24) is 24.5 Å². The van der Waals surface area contributed by atoms with Crippen LogP contribution in [0.15, 0.2) is 18.7 Å². The molecule has 2 aromatic rings. The van der Waals surface area contributed by atoms with Gasteiger partial charge in [-0.05, 0) is 18.8 Å². The second-order valence-corrected chi connectivity index (χ2v) is 5.30. The highest BCUT2D eigenvalue weighted by Gasteiger charge is 2.22. The number of imidazole rings is 1. The topological polar surface area (TPSA) is 94.5 Å². The summed E-state index contributed by atoms with van der Waals surface area (Å²) in [4.78, 5) is 16.7. The fourth-order valence-corrected chi connectivity index (χ4v) is 2.63. The number of nitrogens with two attached hydrogens (primary N) is 1. The van der Waals surface area contributed by atoms with Crippen molar-refractivity contribution >= 4 is 11.9 Å². The van der Waals surface area contributed by atoms with Crippen molar-refractivity contribution in [1.29, 1.82) is 0 Å². The molecule has 3 N–H and O–H groups in total. The van der Waals surface area contributed by atoms with Crippen molar-refractivity contribution in [2.24, 2.45) is 5.92 Å². The minimum Gasteiger partial charge on any atom is -0.368 e. The molecule has 1 fully saturated rings. The number of rotatable bonds is 3. The van der Waals surface area contributed by atoms with Crippen LogP contribution >= 0.6 is 0 Å². The van der Waals surface area contributed by atoms with E-state index in [-0.39, 0.29) is 5.95 Å². The summed E-state index contributed by atoms with van der Waals surface area (Å²) in [6.07, 6.45) is 10.0. The van der Waals surface area contributed by atoms with Gasteiger partial charge in [-0.15, -0.1) is 0 Å². The molecule has 20 heavy (non-hydrogen) atoms. The number of hydrogen-bond acceptors (Lipinski definition) is 6. The van der Waals surface area contributed by atoms with Crippen LogP contribution in [0.4, 0.5) is 11.9 Å². The number of nitrogens with zero attached hydrogens (tertiary/aromatic N) is 5. The largest absolute Gasteiger partial charge is 0.368 e. The van der Waals surface area contributed by atoms with E-state index in [4.69, 9.17) is 5.73 Å². The van der Waals surface area contributed by atoms with Gasteiger partial charge in [0, 0.05) is 18.4 Å². The molecule has 2 heterocycles. The monoisotopic (exact) mass is 273 g/mol. The molecule has 3 rings (SSSR count). The van der Waals surface area contributed by atoms with E-state index in [1.165, 1.54) is 19.3 Å². The molecule has 106 valence electrons. The number of nitrogen functional groups attached to an aromatic ring is 1. The molecule has 2 atom stereocenters. The Morgan fingerprint density at radius 2 is 2.10 bits per heavy atom. The molecular weight excluding hydrogens is 254 g/mol. The van der Waals surface area contributed by atoms with Gasteiger partial charge in [0.1, 0.15) is 6.33 Å². The van der Waals surface area contributed by atoms with Crippen LogP contribution in [0.5, 0.6) is 0 Å². The SMILES string of the molecule is CC1CCCCC1Nc1nc(N)nc(-n2ccnc2)n1. The van der Waals surface area contributed by atoms with Crippen LogP contribution in [0, 0.1) is 5.92 Å². The van der Waals surface area contributed by atoms with Crippen LogP contribution in [0.2, 0.25) is 0 Å². The van der Waals surface area contributed by atoms with E-state index in [0.717, 1.165) is 6.42 Å². The molecule has 2 aromatic heterocycles. The maximum absolute atomic E-state index is 5.77. The van der Waals surface area contributed by atoms with Gasteiger partial charge in [0.05, 0.1) is 0 Å². The predicted molar refractivity (Wildman–Crippen MR) is 76.4 cm³/mol. The molecule has 0 amide bonds. The highest BCUT2D eigenvalue weighted by molar-refractivity contribution is 5.36. The van der Waals surface area contributed by atoms with E-state index in [1.54, 1.807) is 23.3 Å². The Bertz CT molecular complexity index is 566. The van der Waals surface area contributed by atoms with Gasteiger partial charge in [-0.25, -0.2) is 4.98 Å². The van der Waals surface area contributed by atoms with Crippen LogP contribution in [0.3, 0.4) is 0 Å². The fourth-order valence-electron chi connectivity index (χ4n) is 2.63. The number of nitrogens with one attached hydrogen (secondary N) is 1. The molecule has 0 saturated heterocycles. The molecule has 0 bridgehead atoms. The summed E-state index contributed by atoms with van der Waals surface area (Å²) in [6, 6.07) is 0.404. The van der Waals surface area contributed by atoms with Gasteiger partial charge in [0.2, 0.25) is 17.8 Å². The van der Waals surface area contributed by atoms with Gasteiger partial charge in [0.25, 0.3) is 0 Å². The predicted octanol–water partition coefficient (Wildman–Crippen LogP) is 1.63. The maximum Gasteiger partial charge on any atom is 0.241 e. The standard InChI is InChI=1S/C13H19N7/c1-9-4-2-3-5-10(9)16-12-17-11(14)18-13(19-12)20-7-6-15-8-20/h6-10H,2-5H2,1H3,(H3,14,16,17,18,19). The molecule has 0 aliphatic heterocycles. The van der Waals surface area contributed by atoms with Gasteiger partial charge in [-0.1, -0.05) is 19.8 Å². The van der Waals surface area contributed by atoms with Gasteiger partial charge in [-0.2, -0.15) is 15.0 Å². The Balaban J connectivity index is 1.82. The van der Waals surface area contributed by atoms with Crippen molar-refractivity contribution in [2.75, 3.05) is 11.1 Å². The molecular formula is C13H19N7. The minimum atomic E-state index is 0.217. The van der Waals surface area contributed by atoms with E-state index in [9.17, 15) is 0 Å². The number of aromatic nitrogens is 5. The lowest BCUT2D eigenvalue weighted by Crippen LogP contribution is -2.31. The lowest BCUT2D eigenvalue weighted by molar-refractivity contribution is 0.348. The van der Waals surface area contributed by atoms with Crippen LogP contribution in [0.25, 0.3) is 5.95 Å². The smallest absolute Gasteiger partial charge is 0.241 e. The molecule has 1 aliphatic carbocycles. The third-order valence-electron chi connectivity index (χ3n) is 3.80. The van der Waals surface area contributed by atoms with Crippen molar-refractivity contribution in [3.05, 3.63) is 18.7 Å². The molecule has 7 heteroatoms. The van der Waals surface area contributed by atoms with Crippen molar-refractivity contribution < 1.29 is 0 Å². The van der Waals surface area contributed by atoms with Gasteiger partial charge in [0.15, 0.2) is 0 Å². The van der Waals surface area contributed by atoms with E-state index >= 15 is 0 Å². The first-order chi connectivity index (χ1) is 9.72. The quantitative estimate of drug-likeness (QED) is 0.882. The summed E-state index contributed by atoms with van der Waals surface area (Å²) >= 11 is 0. The van der Waals surface area contributed by atoms with Crippen molar-refractivity contribution in [3.8, 4) is 5.95 Å². The molecule has 2 unspecified atom stereocenters. The summed E-state index contributed by atoms with van der Waals surface area (Å²) in [5.41, 5.74) is 5.77. The first kappa shape index (κ1) is 12.8. The Hall–Kier alpha value is -2.18. The van der Waals surface area contributed by atoms with E-state index in [2.05, 4.69) is 32.2 Å². The average molecular weight is 273 g/mol. The van der Waals surface area contributed by atoms with E-state index < -0.39 is 0 Å². The maximum atomic E-state index is 5.77. The van der Waals surface area contributed by atoms with Gasteiger partial charge in [-0.3, -0.25) is 4.57 Å². The first-order valence-corrected chi connectivity index (χ1v) is 6.99. The zero-order valence-electron chi connectivity index (χ0n) is 11.5. The van der Waals surface area contributed by atoms with Crippen LogP contribution in [0.1, 0.15) is 32.6 Å². The number of hydrogen-bond donors (Lipinski definition) is 2. The third-order valence-corrected chi connectivity index (χ3v) is 3.80. The van der Waals surface area contributed by atoms with Crippen molar-refractivity contribution in [2.45, 2.75) is 38.6 Å². The van der Waals surface area contributed by atoms with Gasteiger partial charge >= 0.3 is 0 Å². The molecule has 7 nitrogen and oxygen atoms in total. The Kier molecular flexibility index (Phi) is 3.49. The zero-order valence-corrected chi connectivity index (χ0v) is 11.5. The molecule has 0 aromatic carbocycles. The van der Waals surface area contributed by atoms with Crippen LogP contribution < -0.4 is 11.1 Å². The Morgan fingerprint density at radius 1 is 1.25 bits per heavy atom. The molecule has 1 saturated carbocycles. The highest BCUT2D eigenvalue weighted by Crippen LogP contribution is 2.26. The van der Waals surface area contributed by atoms with Gasteiger partial charge < -0.3 is 11.1 Å². The highest BCUT2D eigenvalue weighted by atomic mass is 15.3. The first-order valence-electron chi connectivity index (χ1n) is 6.99. The zero-order chi connectivity index (χ0) is 13.9. The summed E-state index contributed by atoms with van der Waals surface area (Å²) in [7, 11) is 0.